The van der Waals surface area contributed by atoms with Gasteiger partial charge < -0.3 is 10.2 Å². The number of para-hydroxylation sites is 1. The minimum atomic E-state index is -0.145. The molecule has 0 aromatic heterocycles. The summed E-state index contributed by atoms with van der Waals surface area (Å²) in [6, 6.07) is 6.15. The van der Waals surface area contributed by atoms with E-state index in [0.717, 1.165) is 43.2 Å². The van der Waals surface area contributed by atoms with E-state index in [1.165, 1.54) is 0 Å². The van der Waals surface area contributed by atoms with Gasteiger partial charge in [-0.3, -0.25) is 0 Å². The highest BCUT2D eigenvalue weighted by atomic mass is 16.3. The first-order valence-electron chi connectivity index (χ1n) is 7.46. The molecular weight excluding hydrogens is 236 g/mol. The van der Waals surface area contributed by atoms with E-state index in [1.807, 2.05) is 12.1 Å². The van der Waals surface area contributed by atoms with Gasteiger partial charge in [-0.2, -0.15) is 0 Å². The van der Waals surface area contributed by atoms with E-state index in [0.29, 0.717) is 11.7 Å². The number of aromatic hydroxyl groups is 1. The number of hydrogen-bond donors (Lipinski definition) is 2. The molecule has 0 atom stereocenters. The van der Waals surface area contributed by atoms with Gasteiger partial charge in [-0.15, -0.1) is 0 Å². The first kappa shape index (κ1) is 14.4. The molecule has 1 saturated carbocycles. The van der Waals surface area contributed by atoms with Crippen LogP contribution in [-0.4, -0.2) is 16.3 Å². The normalized spacial score (nSPS) is 24.4. The highest BCUT2D eigenvalue weighted by molar-refractivity contribution is 5.46. The van der Waals surface area contributed by atoms with Gasteiger partial charge in [-0.25, -0.2) is 0 Å². The molecule has 2 rings (SSSR count). The molecule has 0 unspecified atom stereocenters. The maximum Gasteiger partial charge on any atom is 0.122 e. The fraction of sp³-hybridized carbons (Fsp3) is 0.647. The zero-order valence-corrected chi connectivity index (χ0v) is 12.3. The molecule has 106 valence electrons. The summed E-state index contributed by atoms with van der Waals surface area (Å²) in [5, 5.41) is 20.2. The first-order chi connectivity index (χ1) is 8.95. The molecule has 1 aliphatic carbocycles. The van der Waals surface area contributed by atoms with Gasteiger partial charge in [0.1, 0.15) is 5.75 Å². The predicted molar refractivity (Wildman–Crippen MR) is 78.6 cm³/mol. The van der Waals surface area contributed by atoms with Crippen molar-refractivity contribution in [3.63, 3.8) is 0 Å². The standard InChI is InChI=1S/C17H26O2/c1-4-17(2,3)15-7-5-6-14(16(15)19)12-8-10-13(18)11-9-12/h5-7,12-13,18-19H,4,8-11H2,1-3H3. The molecule has 0 saturated heterocycles. The van der Waals surface area contributed by atoms with Crippen LogP contribution >= 0.6 is 0 Å². The van der Waals surface area contributed by atoms with Crippen LogP contribution in [0.15, 0.2) is 18.2 Å². The third-order valence-electron chi connectivity index (χ3n) is 4.82. The molecule has 0 aliphatic heterocycles. The Bertz CT molecular complexity index is 429. The third-order valence-corrected chi connectivity index (χ3v) is 4.82. The minimum absolute atomic E-state index is 0.00821. The van der Waals surface area contributed by atoms with Crippen molar-refractivity contribution in [1.29, 1.82) is 0 Å². The molecule has 0 bridgehead atoms. The number of hydrogen-bond acceptors (Lipinski definition) is 2. The average molecular weight is 262 g/mol. The van der Waals surface area contributed by atoms with Crippen molar-refractivity contribution >= 4 is 0 Å². The molecule has 19 heavy (non-hydrogen) atoms. The minimum Gasteiger partial charge on any atom is -0.507 e. The summed E-state index contributed by atoms with van der Waals surface area (Å²) >= 11 is 0. The lowest BCUT2D eigenvalue weighted by molar-refractivity contribution is 0.122. The maximum absolute atomic E-state index is 10.6. The number of phenols is 1. The summed E-state index contributed by atoms with van der Waals surface area (Å²) in [7, 11) is 0. The van der Waals surface area contributed by atoms with Crippen molar-refractivity contribution < 1.29 is 10.2 Å². The molecule has 1 fully saturated rings. The fourth-order valence-corrected chi connectivity index (χ4v) is 3.01. The van der Waals surface area contributed by atoms with Crippen molar-refractivity contribution in [2.45, 2.75) is 70.3 Å². The Hall–Kier alpha value is -1.02. The second-order valence-electron chi connectivity index (χ2n) is 6.49. The summed E-state index contributed by atoms with van der Waals surface area (Å²) in [5.74, 6) is 0.881. The lowest BCUT2D eigenvalue weighted by Crippen LogP contribution is -2.19. The van der Waals surface area contributed by atoms with E-state index in [-0.39, 0.29) is 11.5 Å². The Morgan fingerprint density at radius 3 is 2.37 bits per heavy atom. The predicted octanol–water partition coefficient (Wildman–Crippen LogP) is 4.10. The second kappa shape index (κ2) is 5.54. The van der Waals surface area contributed by atoms with Gasteiger partial charge in [0.05, 0.1) is 6.10 Å². The van der Waals surface area contributed by atoms with Crippen LogP contribution in [-0.2, 0) is 5.41 Å². The summed E-state index contributed by atoms with van der Waals surface area (Å²) in [4.78, 5) is 0. The van der Waals surface area contributed by atoms with Gasteiger partial charge in [0.15, 0.2) is 0 Å². The summed E-state index contributed by atoms with van der Waals surface area (Å²) < 4.78 is 0. The number of rotatable bonds is 3. The Labute approximate surface area is 116 Å². The maximum atomic E-state index is 10.6. The molecule has 2 N–H and O–H groups in total. The molecule has 0 heterocycles. The van der Waals surface area contributed by atoms with Crippen LogP contribution in [0.25, 0.3) is 0 Å². The highest BCUT2D eigenvalue weighted by Gasteiger charge is 2.27. The average Bonchev–Trinajstić information content (AvgIpc) is 2.40. The Morgan fingerprint density at radius 1 is 1.16 bits per heavy atom. The number of aliphatic hydroxyl groups is 1. The molecule has 0 amide bonds. The molecular formula is C17H26O2. The van der Waals surface area contributed by atoms with E-state index in [1.54, 1.807) is 0 Å². The molecule has 1 aliphatic rings. The molecule has 2 nitrogen and oxygen atoms in total. The van der Waals surface area contributed by atoms with Gasteiger partial charge in [0.2, 0.25) is 0 Å². The first-order valence-corrected chi connectivity index (χ1v) is 7.46. The van der Waals surface area contributed by atoms with Crippen LogP contribution in [0.3, 0.4) is 0 Å². The molecule has 1 aromatic carbocycles. The van der Waals surface area contributed by atoms with Crippen molar-refractivity contribution in [3.8, 4) is 5.75 Å². The molecule has 2 heteroatoms. The fourth-order valence-electron chi connectivity index (χ4n) is 3.01. The Morgan fingerprint density at radius 2 is 1.79 bits per heavy atom. The second-order valence-corrected chi connectivity index (χ2v) is 6.49. The Kier molecular flexibility index (Phi) is 4.19. The van der Waals surface area contributed by atoms with Gasteiger partial charge in [0, 0.05) is 0 Å². The summed E-state index contributed by atoms with van der Waals surface area (Å²) in [5.41, 5.74) is 2.14. The quantitative estimate of drug-likeness (QED) is 0.861. The lowest BCUT2D eigenvalue weighted by atomic mass is 9.77. The SMILES string of the molecule is CCC(C)(C)c1cccc(C2CCC(O)CC2)c1O. The number of aliphatic hydroxyl groups excluding tert-OH is 1. The van der Waals surface area contributed by atoms with Crippen LogP contribution < -0.4 is 0 Å². The van der Waals surface area contributed by atoms with Crippen LogP contribution in [0.4, 0.5) is 0 Å². The molecule has 1 aromatic rings. The molecule has 0 spiro atoms. The van der Waals surface area contributed by atoms with E-state index in [2.05, 4.69) is 26.8 Å². The zero-order valence-electron chi connectivity index (χ0n) is 12.3. The largest absolute Gasteiger partial charge is 0.507 e. The molecule has 0 radical (unpaired) electrons. The van der Waals surface area contributed by atoms with Crippen LogP contribution in [0.2, 0.25) is 0 Å². The van der Waals surface area contributed by atoms with Gasteiger partial charge in [-0.1, -0.05) is 39.0 Å². The summed E-state index contributed by atoms with van der Waals surface area (Å²) in [6.45, 7) is 6.51. The van der Waals surface area contributed by atoms with Crippen LogP contribution in [0.1, 0.15) is 69.9 Å². The smallest absolute Gasteiger partial charge is 0.122 e. The Balaban J connectivity index is 2.30. The van der Waals surface area contributed by atoms with Gasteiger partial charge in [-0.05, 0) is 54.6 Å². The van der Waals surface area contributed by atoms with E-state index >= 15 is 0 Å². The van der Waals surface area contributed by atoms with E-state index < -0.39 is 0 Å². The van der Waals surface area contributed by atoms with Crippen molar-refractivity contribution in [2.75, 3.05) is 0 Å². The summed E-state index contributed by atoms with van der Waals surface area (Å²) in [6.07, 6.45) is 4.52. The lowest BCUT2D eigenvalue weighted by Gasteiger charge is -2.30. The third kappa shape index (κ3) is 2.94. The van der Waals surface area contributed by atoms with E-state index in [9.17, 15) is 10.2 Å². The van der Waals surface area contributed by atoms with Crippen LogP contribution in [0, 0.1) is 0 Å². The van der Waals surface area contributed by atoms with Crippen molar-refractivity contribution in [1.82, 2.24) is 0 Å². The zero-order chi connectivity index (χ0) is 14.0. The van der Waals surface area contributed by atoms with E-state index in [4.69, 9.17) is 0 Å². The van der Waals surface area contributed by atoms with Gasteiger partial charge >= 0.3 is 0 Å². The monoisotopic (exact) mass is 262 g/mol. The highest BCUT2D eigenvalue weighted by Crippen LogP contribution is 2.42. The topological polar surface area (TPSA) is 40.5 Å². The van der Waals surface area contributed by atoms with Crippen molar-refractivity contribution in [3.05, 3.63) is 29.3 Å². The number of benzene rings is 1. The van der Waals surface area contributed by atoms with Crippen LogP contribution in [0.5, 0.6) is 5.75 Å². The van der Waals surface area contributed by atoms with Gasteiger partial charge in [0.25, 0.3) is 0 Å². The van der Waals surface area contributed by atoms with Crippen molar-refractivity contribution in [2.24, 2.45) is 0 Å². The number of phenolic OH excluding ortho intramolecular Hbond substituents is 1.